The van der Waals surface area contributed by atoms with Crippen LogP contribution in [0.5, 0.6) is 0 Å². The van der Waals surface area contributed by atoms with E-state index in [4.69, 9.17) is 0 Å². The number of nitrogens with zero attached hydrogens (tertiary/aromatic N) is 1. The van der Waals surface area contributed by atoms with Crippen LogP contribution in [-0.2, 0) is 6.42 Å². The monoisotopic (exact) mass is 220 g/mol. The van der Waals surface area contributed by atoms with Crippen molar-refractivity contribution in [2.24, 2.45) is 5.92 Å². The van der Waals surface area contributed by atoms with Gasteiger partial charge in [0, 0.05) is 24.4 Å². The number of likely N-dealkylation sites (N-methyl/N-ethyl adjacent to an activating group) is 1. The maximum Gasteiger partial charge on any atom is 0.0419 e. The summed E-state index contributed by atoms with van der Waals surface area (Å²) < 4.78 is 0. The van der Waals surface area contributed by atoms with E-state index in [1.807, 2.05) is 12.3 Å². The van der Waals surface area contributed by atoms with Crippen molar-refractivity contribution in [2.75, 3.05) is 6.54 Å². The summed E-state index contributed by atoms with van der Waals surface area (Å²) in [6.45, 7) is 7.76. The van der Waals surface area contributed by atoms with Gasteiger partial charge in [0.2, 0.25) is 0 Å². The van der Waals surface area contributed by atoms with Gasteiger partial charge in [-0.2, -0.15) is 0 Å². The van der Waals surface area contributed by atoms with Gasteiger partial charge in [-0.15, -0.1) is 0 Å². The van der Waals surface area contributed by atoms with Crippen LogP contribution in [0.3, 0.4) is 0 Å². The lowest BCUT2D eigenvalue weighted by Gasteiger charge is -2.25. The van der Waals surface area contributed by atoms with Crippen molar-refractivity contribution in [3.05, 3.63) is 30.1 Å². The molecule has 0 amide bonds. The molecular formula is C14H24N2. The molecule has 0 bridgehead atoms. The summed E-state index contributed by atoms with van der Waals surface area (Å²) in [7, 11) is 0. The molecule has 0 saturated carbocycles. The Labute approximate surface area is 99.5 Å². The van der Waals surface area contributed by atoms with Gasteiger partial charge in [-0.3, -0.25) is 4.98 Å². The van der Waals surface area contributed by atoms with Crippen molar-refractivity contribution in [1.29, 1.82) is 0 Å². The van der Waals surface area contributed by atoms with Gasteiger partial charge < -0.3 is 5.32 Å². The Kier molecular flexibility index (Phi) is 6.09. The Hall–Kier alpha value is -0.890. The fraction of sp³-hybridized carbons (Fsp3) is 0.643. The van der Waals surface area contributed by atoms with Crippen molar-refractivity contribution in [3.8, 4) is 0 Å². The molecular weight excluding hydrogens is 196 g/mol. The van der Waals surface area contributed by atoms with Crippen molar-refractivity contribution >= 4 is 0 Å². The first kappa shape index (κ1) is 13.2. The van der Waals surface area contributed by atoms with Crippen LogP contribution in [0.1, 0.15) is 39.3 Å². The van der Waals surface area contributed by atoms with Gasteiger partial charge in [0.25, 0.3) is 0 Å². The fourth-order valence-corrected chi connectivity index (χ4v) is 2.27. The number of nitrogens with one attached hydrogen (secondary N) is 1. The fourth-order valence-electron chi connectivity index (χ4n) is 2.27. The van der Waals surface area contributed by atoms with E-state index in [1.54, 1.807) is 0 Å². The molecule has 1 heterocycles. The van der Waals surface area contributed by atoms with E-state index in [2.05, 4.69) is 43.2 Å². The van der Waals surface area contributed by atoms with Crippen molar-refractivity contribution in [1.82, 2.24) is 10.3 Å². The van der Waals surface area contributed by atoms with E-state index < -0.39 is 0 Å². The van der Waals surface area contributed by atoms with Gasteiger partial charge in [0.1, 0.15) is 0 Å². The predicted octanol–water partition coefficient (Wildman–Crippen LogP) is 3.04. The molecule has 0 spiro atoms. The van der Waals surface area contributed by atoms with Crippen LogP contribution >= 0.6 is 0 Å². The smallest absolute Gasteiger partial charge is 0.0419 e. The molecule has 16 heavy (non-hydrogen) atoms. The van der Waals surface area contributed by atoms with Gasteiger partial charge in [-0.1, -0.05) is 39.7 Å². The van der Waals surface area contributed by atoms with Crippen molar-refractivity contribution in [3.63, 3.8) is 0 Å². The number of rotatable bonds is 7. The number of hydrogen-bond acceptors (Lipinski definition) is 2. The molecule has 0 aromatic carbocycles. The van der Waals surface area contributed by atoms with Crippen LogP contribution < -0.4 is 5.32 Å². The Bertz CT molecular complexity index is 267. The molecule has 0 saturated heterocycles. The van der Waals surface area contributed by atoms with E-state index in [1.165, 1.54) is 18.5 Å². The van der Waals surface area contributed by atoms with E-state index in [0.29, 0.717) is 6.04 Å². The standard InChI is InChI=1S/C14H24N2/c1-4-12(5-2)14(15-6-3)11-13-9-7-8-10-16-13/h7-10,12,14-15H,4-6,11H2,1-3H3. The molecule has 0 aliphatic rings. The SMILES string of the molecule is CCNC(Cc1ccccn1)C(CC)CC. The van der Waals surface area contributed by atoms with Crippen molar-refractivity contribution < 1.29 is 0 Å². The van der Waals surface area contributed by atoms with Crippen molar-refractivity contribution in [2.45, 2.75) is 46.1 Å². The molecule has 1 aromatic heterocycles. The number of hydrogen-bond donors (Lipinski definition) is 1. The zero-order valence-electron chi connectivity index (χ0n) is 10.7. The van der Waals surface area contributed by atoms with Gasteiger partial charge in [-0.05, 0) is 24.6 Å². The van der Waals surface area contributed by atoms with Crippen LogP contribution in [-0.4, -0.2) is 17.6 Å². The van der Waals surface area contributed by atoms with E-state index >= 15 is 0 Å². The minimum Gasteiger partial charge on any atom is -0.314 e. The Morgan fingerprint density at radius 3 is 2.44 bits per heavy atom. The number of pyridine rings is 1. The van der Waals surface area contributed by atoms with Gasteiger partial charge in [0.05, 0.1) is 0 Å². The lowest BCUT2D eigenvalue weighted by atomic mass is 9.90. The highest BCUT2D eigenvalue weighted by atomic mass is 14.9. The lowest BCUT2D eigenvalue weighted by Crippen LogP contribution is -2.37. The Morgan fingerprint density at radius 1 is 1.19 bits per heavy atom. The molecule has 1 unspecified atom stereocenters. The average molecular weight is 220 g/mol. The molecule has 1 rings (SSSR count). The summed E-state index contributed by atoms with van der Waals surface area (Å²) in [5.41, 5.74) is 1.19. The molecule has 90 valence electrons. The largest absolute Gasteiger partial charge is 0.314 e. The molecule has 1 atom stereocenters. The van der Waals surface area contributed by atoms with Crippen LogP contribution in [0.15, 0.2) is 24.4 Å². The van der Waals surface area contributed by atoms with Gasteiger partial charge >= 0.3 is 0 Å². The quantitative estimate of drug-likeness (QED) is 0.764. The first-order valence-electron chi connectivity index (χ1n) is 6.45. The second kappa shape index (κ2) is 7.39. The average Bonchev–Trinajstić information content (AvgIpc) is 2.32. The van der Waals surface area contributed by atoms with E-state index in [-0.39, 0.29) is 0 Å². The summed E-state index contributed by atoms with van der Waals surface area (Å²) in [6, 6.07) is 6.73. The topological polar surface area (TPSA) is 24.9 Å². The van der Waals surface area contributed by atoms with Crippen LogP contribution in [0.25, 0.3) is 0 Å². The molecule has 0 radical (unpaired) electrons. The first-order chi connectivity index (χ1) is 7.81. The molecule has 2 heteroatoms. The van der Waals surface area contributed by atoms with E-state index in [9.17, 15) is 0 Å². The van der Waals surface area contributed by atoms with Gasteiger partial charge in [0.15, 0.2) is 0 Å². The third kappa shape index (κ3) is 3.93. The highest BCUT2D eigenvalue weighted by Crippen LogP contribution is 2.16. The first-order valence-corrected chi connectivity index (χ1v) is 6.45. The molecule has 0 aliphatic heterocycles. The minimum absolute atomic E-state index is 0.565. The molecule has 2 nitrogen and oxygen atoms in total. The highest BCUT2D eigenvalue weighted by molar-refractivity contribution is 5.05. The lowest BCUT2D eigenvalue weighted by molar-refractivity contribution is 0.335. The summed E-state index contributed by atoms with van der Waals surface area (Å²) in [4.78, 5) is 4.41. The third-order valence-corrected chi connectivity index (χ3v) is 3.24. The molecule has 0 fully saturated rings. The van der Waals surface area contributed by atoms with Crippen LogP contribution in [0.4, 0.5) is 0 Å². The molecule has 1 aromatic rings. The zero-order chi connectivity index (χ0) is 11.8. The maximum absolute atomic E-state index is 4.41. The Balaban J connectivity index is 2.63. The Morgan fingerprint density at radius 2 is 1.94 bits per heavy atom. The van der Waals surface area contributed by atoms with Crippen LogP contribution in [0.2, 0.25) is 0 Å². The normalized spacial score (nSPS) is 13.0. The van der Waals surface area contributed by atoms with Crippen LogP contribution in [0, 0.1) is 5.92 Å². The summed E-state index contributed by atoms with van der Waals surface area (Å²) in [5, 5.41) is 3.59. The molecule has 1 N–H and O–H groups in total. The second-order valence-electron chi connectivity index (χ2n) is 4.27. The second-order valence-corrected chi connectivity index (χ2v) is 4.27. The predicted molar refractivity (Wildman–Crippen MR) is 69.5 cm³/mol. The zero-order valence-corrected chi connectivity index (χ0v) is 10.7. The summed E-state index contributed by atoms with van der Waals surface area (Å²) in [5.74, 6) is 0.752. The number of aromatic nitrogens is 1. The molecule has 0 aliphatic carbocycles. The minimum atomic E-state index is 0.565. The maximum atomic E-state index is 4.41. The summed E-state index contributed by atoms with van der Waals surface area (Å²) in [6.07, 6.45) is 5.40. The van der Waals surface area contributed by atoms with E-state index in [0.717, 1.165) is 18.9 Å². The highest BCUT2D eigenvalue weighted by Gasteiger charge is 2.17. The summed E-state index contributed by atoms with van der Waals surface area (Å²) >= 11 is 0. The van der Waals surface area contributed by atoms with Gasteiger partial charge in [-0.25, -0.2) is 0 Å². The third-order valence-electron chi connectivity index (χ3n) is 3.24.